The Hall–Kier alpha value is -3.69. The number of hydrogen-bond donors (Lipinski definition) is 3. The number of azo groups is 1. The van der Waals surface area contributed by atoms with Crippen LogP contribution in [0.1, 0.15) is 5.76 Å². The van der Waals surface area contributed by atoms with Crippen molar-refractivity contribution in [3.8, 4) is 5.88 Å². The van der Waals surface area contributed by atoms with Gasteiger partial charge in [-0.15, -0.1) is 10.2 Å². The number of amides is 1. The highest BCUT2D eigenvalue weighted by atomic mass is 35.5. The van der Waals surface area contributed by atoms with Crippen LogP contribution in [0.3, 0.4) is 0 Å². The summed E-state index contributed by atoms with van der Waals surface area (Å²) in [5, 5.41) is 25.9. The van der Waals surface area contributed by atoms with E-state index in [2.05, 4.69) is 20.9 Å². The lowest BCUT2D eigenvalue weighted by atomic mass is 10.2. The SMILES string of the molecule is O=C(Cn1c(O)c(N=NC(=S)NCc2ccco2)c2ccccc21)Nc1ccc(Cl)cc1. The predicted molar refractivity (Wildman–Crippen MR) is 126 cm³/mol. The Balaban J connectivity index is 1.52. The molecule has 0 saturated carbocycles. The van der Waals surface area contributed by atoms with Crippen LogP contribution in [0.4, 0.5) is 11.4 Å². The van der Waals surface area contributed by atoms with Gasteiger partial charge in [0.05, 0.1) is 18.3 Å². The quantitative estimate of drug-likeness (QED) is 0.260. The minimum Gasteiger partial charge on any atom is -0.493 e. The molecular formula is C22H18ClN5O3S. The first-order chi connectivity index (χ1) is 15.5. The fraction of sp³-hybridized carbons (Fsp3) is 0.0909. The number of fused-ring (bicyclic) bond motifs is 1. The highest BCUT2D eigenvalue weighted by Gasteiger charge is 2.18. The van der Waals surface area contributed by atoms with Crippen molar-refractivity contribution in [2.75, 3.05) is 5.32 Å². The molecule has 0 aliphatic carbocycles. The second-order valence-electron chi connectivity index (χ2n) is 6.77. The highest BCUT2D eigenvalue weighted by Crippen LogP contribution is 2.38. The van der Waals surface area contributed by atoms with Crippen LogP contribution in [0, 0.1) is 0 Å². The number of halogens is 1. The van der Waals surface area contributed by atoms with E-state index < -0.39 is 0 Å². The second-order valence-corrected chi connectivity index (χ2v) is 7.59. The number of carbonyl (C=O) groups excluding carboxylic acids is 1. The standard InChI is InChI=1S/C22H18ClN5O3S/c23-14-7-9-15(10-8-14)25-19(29)13-28-18-6-2-1-5-17(18)20(21(28)30)26-27-22(32)24-12-16-4-3-11-31-16/h1-11,30H,12-13H2,(H,24,32)(H,25,29). The number of aromatic hydroxyl groups is 1. The van der Waals surface area contributed by atoms with Crippen molar-refractivity contribution in [3.63, 3.8) is 0 Å². The maximum atomic E-state index is 12.6. The first-order valence-corrected chi connectivity index (χ1v) is 10.4. The molecule has 32 heavy (non-hydrogen) atoms. The number of thiocarbonyl (C=S) groups is 1. The van der Waals surface area contributed by atoms with E-state index in [9.17, 15) is 9.90 Å². The number of hydrogen-bond acceptors (Lipinski definition) is 5. The molecule has 0 atom stereocenters. The number of furan rings is 1. The van der Waals surface area contributed by atoms with Gasteiger partial charge in [0.25, 0.3) is 0 Å². The van der Waals surface area contributed by atoms with E-state index >= 15 is 0 Å². The fourth-order valence-corrected chi connectivity index (χ4v) is 3.35. The topological polar surface area (TPSA) is 104 Å². The average molecular weight is 468 g/mol. The van der Waals surface area contributed by atoms with Gasteiger partial charge in [-0.2, -0.15) is 0 Å². The summed E-state index contributed by atoms with van der Waals surface area (Å²) < 4.78 is 6.70. The van der Waals surface area contributed by atoms with E-state index in [1.54, 1.807) is 54.8 Å². The third-order valence-corrected chi connectivity index (χ3v) is 5.06. The molecule has 0 aliphatic rings. The molecule has 0 bridgehead atoms. The summed E-state index contributed by atoms with van der Waals surface area (Å²) >= 11 is 11.1. The van der Waals surface area contributed by atoms with E-state index in [0.717, 1.165) is 0 Å². The third kappa shape index (κ3) is 4.96. The Morgan fingerprint density at radius 2 is 1.91 bits per heavy atom. The molecule has 0 spiro atoms. The normalized spacial score (nSPS) is 11.2. The molecule has 0 unspecified atom stereocenters. The van der Waals surface area contributed by atoms with Crippen LogP contribution >= 0.6 is 23.8 Å². The number of rotatable bonds is 6. The van der Waals surface area contributed by atoms with Crippen molar-refractivity contribution in [1.29, 1.82) is 0 Å². The molecule has 0 fully saturated rings. The zero-order valence-electron chi connectivity index (χ0n) is 16.7. The lowest BCUT2D eigenvalue weighted by molar-refractivity contribution is -0.116. The van der Waals surface area contributed by atoms with Gasteiger partial charge in [-0.3, -0.25) is 4.79 Å². The van der Waals surface area contributed by atoms with Crippen LogP contribution in [0.2, 0.25) is 5.02 Å². The van der Waals surface area contributed by atoms with Crippen molar-refractivity contribution in [1.82, 2.24) is 9.88 Å². The van der Waals surface area contributed by atoms with E-state index in [1.165, 1.54) is 4.57 Å². The summed E-state index contributed by atoms with van der Waals surface area (Å²) in [5.41, 5.74) is 1.46. The number of aromatic nitrogens is 1. The van der Waals surface area contributed by atoms with E-state index in [1.807, 2.05) is 12.1 Å². The molecule has 162 valence electrons. The van der Waals surface area contributed by atoms with Crippen LogP contribution in [0.15, 0.2) is 81.6 Å². The number of carbonyl (C=O) groups is 1. The Bertz CT molecular complexity index is 1280. The molecule has 10 heteroatoms. The summed E-state index contributed by atoms with van der Waals surface area (Å²) in [6.07, 6.45) is 1.57. The fourth-order valence-electron chi connectivity index (χ4n) is 3.11. The van der Waals surface area contributed by atoms with Crippen LogP contribution in [-0.2, 0) is 17.9 Å². The molecule has 2 heterocycles. The Morgan fingerprint density at radius 3 is 2.66 bits per heavy atom. The number of para-hydroxylation sites is 1. The number of nitrogens with one attached hydrogen (secondary N) is 2. The number of nitrogens with zero attached hydrogens (tertiary/aromatic N) is 3. The van der Waals surface area contributed by atoms with Crippen LogP contribution < -0.4 is 10.6 Å². The Kier molecular flexibility index (Phi) is 6.48. The molecule has 2 aromatic heterocycles. The number of benzene rings is 2. The van der Waals surface area contributed by atoms with E-state index in [0.29, 0.717) is 33.9 Å². The van der Waals surface area contributed by atoms with Crippen molar-refractivity contribution in [2.45, 2.75) is 13.1 Å². The first-order valence-electron chi connectivity index (χ1n) is 9.59. The maximum Gasteiger partial charge on any atom is 0.244 e. The summed E-state index contributed by atoms with van der Waals surface area (Å²) in [5.74, 6) is 0.200. The minimum absolute atomic E-state index is 0.119. The zero-order valence-corrected chi connectivity index (χ0v) is 18.2. The first kappa shape index (κ1) is 21.5. The van der Waals surface area contributed by atoms with Gasteiger partial charge in [0, 0.05) is 16.1 Å². The monoisotopic (exact) mass is 467 g/mol. The van der Waals surface area contributed by atoms with Crippen LogP contribution in [0.5, 0.6) is 5.88 Å². The highest BCUT2D eigenvalue weighted by molar-refractivity contribution is 7.80. The Labute approximate surface area is 193 Å². The minimum atomic E-state index is -0.317. The van der Waals surface area contributed by atoms with Gasteiger partial charge in [-0.05, 0) is 54.7 Å². The van der Waals surface area contributed by atoms with Gasteiger partial charge < -0.3 is 24.7 Å². The summed E-state index contributed by atoms with van der Waals surface area (Å²) in [7, 11) is 0. The van der Waals surface area contributed by atoms with Crippen molar-refractivity contribution >= 4 is 57.1 Å². The predicted octanol–water partition coefficient (Wildman–Crippen LogP) is 5.39. The molecule has 8 nitrogen and oxygen atoms in total. The van der Waals surface area contributed by atoms with Crippen LogP contribution in [0.25, 0.3) is 10.9 Å². The van der Waals surface area contributed by atoms with Gasteiger partial charge >= 0.3 is 0 Å². The average Bonchev–Trinajstić information content (AvgIpc) is 3.40. The third-order valence-electron chi connectivity index (χ3n) is 4.58. The summed E-state index contributed by atoms with van der Waals surface area (Å²) in [4.78, 5) is 12.6. The maximum absolute atomic E-state index is 12.6. The molecule has 0 radical (unpaired) electrons. The van der Waals surface area contributed by atoms with Gasteiger partial charge in [0.2, 0.25) is 16.9 Å². The van der Waals surface area contributed by atoms with Gasteiger partial charge in [-0.25, -0.2) is 0 Å². The Morgan fingerprint density at radius 1 is 1.12 bits per heavy atom. The van der Waals surface area contributed by atoms with E-state index in [-0.39, 0.29) is 29.1 Å². The zero-order chi connectivity index (χ0) is 22.5. The van der Waals surface area contributed by atoms with Crippen LogP contribution in [-0.4, -0.2) is 20.7 Å². The summed E-state index contributed by atoms with van der Waals surface area (Å²) in [6, 6.07) is 17.5. The van der Waals surface area contributed by atoms with Gasteiger partial charge in [0.15, 0.2) is 5.69 Å². The molecule has 1 amide bonds. The molecule has 3 N–H and O–H groups in total. The molecule has 2 aromatic carbocycles. The lowest BCUT2D eigenvalue weighted by Crippen LogP contribution is -2.18. The molecule has 0 aliphatic heterocycles. The van der Waals surface area contributed by atoms with Crippen molar-refractivity contribution in [2.24, 2.45) is 10.2 Å². The molecule has 4 rings (SSSR count). The van der Waals surface area contributed by atoms with Crippen molar-refractivity contribution < 1.29 is 14.3 Å². The second kappa shape index (κ2) is 9.63. The largest absolute Gasteiger partial charge is 0.493 e. The lowest BCUT2D eigenvalue weighted by Gasteiger charge is -2.08. The smallest absolute Gasteiger partial charge is 0.244 e. The molecule has 0 saturated heterocycles. The van der Waals surface area contributed by atoms with Crippen molar-refractivity contribution in [3.05, 3.63) is 77.7 Å². The van der Waals surface area contributed by atoms with Gasteiger partial charge in [0.1, 0.15) is 12.3 Å². The molecule has 4 aromatic rings. The summed E-state index contributed by atoms with van der Waals surface area (Å²) in [6.45, 7) is 0.245. The molecular weight excluding hydrogens is 450 g/mol. The number of anilines is 1. The van der Waals surface area contributed by atoms with E-state index in [4.69, 9.17) is 28.2 Å². The van der Waals surface area contributed by atoms with Gasteiger partial charge in [-0.1, -0.05) is 29.8 Å².